The van der Waals surface area contributed by atoms with Gasteiger partial charge in [0.05, 0.1) is 18.4 Å². The number of likely N-dealkylation sites (tertiary alicyclic amines) is 1. The first-order valence-electron chi connectivity index (χ1n) is 11.7. The number of fused-ring (bicyclic) bond motifs is 1. The largest absolute Gasteiger partial charge is 0.497 e. The number of hydrogen-bond donors (Lipinski definition) is 1. The highest BCUT2D eigenvalue weighted by atomic mass is 16.5. The Balaban J connectivity index is 1.56. The molecule has 178 valence electrons. The Morgan fingerprint density at radius 2 is 1.74 bits per heavy atom. The topological polar surface area (TPSA) is 80.6 Å². The van der Waals surface area contributed by atoms with Gasteiger partial charge >= 0.3 is 0 Å². The van der Waals surface area contributed by atoms with Crippen LogP contribution in [-0.2, 0) is 4.79 Å². The van der Waals surface area contributed by atoms with Crippen LogP contribution in [0.5, 0.6) is 5.75 Å². The average molecular weight is 462 g/mol. The predicted molar refractivity (Wildman–Crippen MR) is 133 cm³/mol. The summed E-state index contributed by atoms with van der Waals surface area (Å²) in [6.07, 6.45) is 2.94. The number of amides is 2. The summed E-state index contributed by atoms with van der Waals surface area (Å²) in [5.74, 6) is 1.34. The first-order valence-corrected chi connectivity index (χ1v) is 11.7. The van der Waals surface area contributed by atoms with Gasteiger partial charge < -0.3 is 15.0 Å². The van der Waals surface area contributed by atoms with Crippen molar-refractivity contribution in [1.29, 1.82) is 0 Å². The van der Waals surface area contributed by atoms with Crippen LogP contribution in [-0.4, -0.2) is 48.0 Å². The standard InChI is InChI=1S/C27H31N3O4/c1-18-13-19(2)16-29(15-18)25(31)11-12-28-26(32)24-17-30(20-7-6-8-21(14-20)34-3)27(33)23-10-5-4-9-22(23)24/h4-10,14,17-19H,11-13,15-16H2,1-3H3,(H,28,32)/t18-,19-/m1/s1. The van der Waals surface area contributed by atoms with Crippen LogP contribution < -0.4 is 15.6 Å². The van der Waals surface area contributed by atoms with Crippen LogP contribution in [0.4, 0.5) is 0 Å². The molecule has 2 heterocycles. The first kappa shape index (κ1) is 23.5. The van der Waals surface area contributed by atoms with Gasteiger partial charge in [-0.15, -0.1) is 0 Å². The van der Waals surface area contributed by atoms with E-state index in [9.17, 15) is 14.4 Å². The number of hydrogen-bond acceptors (Lipinski definition) is 4. The molecule has 4 rings (SSSR count). The minimum atomic E-state index is -0.318. The summed E-state index contributed by atoms with van der Waals surface area (Å²) in [5, 5.41) is 3.91. The zero-order valence-electron chi connectivity index (χ0n) is 19.9. The number of carbonyl (C=O) groups is 2. The molecule has 1 aromatic heterocycles. The molecule has 2 atom stereocenters. The number of ether oxygens (including phenoxy) is 1. The van der Waals surface area contributed by atoms with Crippen molar-refractivity contribution < 1.29 is 14.3 Å². The minimum absolute atomic E-state index is 0.0601. The SMILES string of the molecule is COc1cccc(-n2cc(C(=O)NCCC(=O)N3C[C@H](C)C[C@@H](C)C3)c3ccccc3c2=O)c1. The van der Waals surface area contributed by atoms with Gasteiger partial charge in [-0.3, -0.25) is 19.0 Å². The van der Waals surface area contributed by atoms with E-state index in [-0.39, 0.29) is 30.3 Å². The van der Waals surface area contributed by atoms with Gasteiger partial charge in [-0.1, -0.05) is 38.1 Å². The van der Waals surface area contributed by atoms with Gasteiger partial charge in [-0.2, -0.15) is 0 Å². The Hall–Kier alpha value is -3.61. The quantitative estimate of drug-likeness (QED) is 0.608. The first-order chi connectivity index (χ1) is 16.4. The molecule has 0 unspecified atom stereocenters. The van der Waals surface area contributed by atoms with Crippen LogP contribution in [0.1, 0.15) is 37.0 Å². The van der Waals surface area contributed by atoms with E-state index in [1.54, 1.807) is 61.8 Å². The van der Waals surface area contributed by atoms with Gasteiger partial charge in [0.1, 0.15) is 5.75 Å². The molecule has 1 fully saturated rings. The van der Waals surface area contributed by atoms with Crippen molar-refractivity contribution in [3.63, 3.8) is 0 Å². The molecule has 1 N–H and O–H groups in total. The summed E-state index contributed by atoms with van der Waals surface area (Å²) >= 11 is 0. The lowest BCUT2D eigenvalue weighted by Gasteiger charge is -2.35. The van der Waals surface area contributed by atoms with Gasteiger partial charge in [0.15, 0.2) is 0 Å². The van der Waals surface area contributed by atoms with E-state index in [2.05, 4.69) is 19.2 Å². The summed E-state index contributed by atoms with van der Waals surface area (Å²) in [5.41, 5.74) is 0.766. The number of nitrogens with zero attached hydrogens (tertiary/aromatic N) is 2. The summed E-state index contributed by atoms with van der Waals surface area (Å²) in [4.78, 5) is 40.9. The van der Waals surface area contributed by atoms with E-state index < -0.39 is 0 Å². The summed E-state index contributed by atoms with van der Waals surface area (Å²) in [7, 11) is 1.56. The van der Waals surface area contributed by atoms with Crippen molar-refractivity contribution in [1.82, 2.24) is 14.8 Å². The molecule has 1 saturated heterocycles. The maximum atomic E-state index is 13.2. The number of aromatic nitrogens is 1. The van der Waals surface area contributed by atoms with Gasteiger partial charge in [-0.25, -0.2) is 0 Å². The monoisotopic (exact) mass is 461 g/mol. The van der Waals surface area contributed by atoms with Crippen molar-refractivity contribution in [2.45, 2.75) is 26.7 Å². The lowest BCUT2D eigenvalue weighted by atomic mass is 9.92. The number of benzene rings is 2. The van der Waals surface area contributed by atoms with E-state index in [1.165, 1.54) is 4.57 Å². The van der Waals surface area contributed by atoms with Gasteiger partial charge in [0.2, 0.25) is 5.91 Å². The van der Waals surface area contributed by atoms with Crippen molar-refractivity contribution >= 4 is 22.6 Å². The Bertz CT molecular complexity index is 1260. The summed E-state index contributed by atoms with van der Waals surface area (Å²) in [6, 6.07) is 14.2. The molecule has 1 aliphatic heterocycles. The molecule has 0 saturated carbocycles. The van der Waals surface area contributed by atoms with Crippen LogP contribution >= 0.6 is 0 Å². The molecule has 34 heavy (non-hydrogen) atoms. The maximum absolute atomic E-state index is 13.2. The van der Waals surface area contributed by atoms with Crippen molar-refractivity contribution in [2.24, 2.45) is 11.8 Å². The van der Waals surface area contributed by atoms with Crippen LogP contribution in [0.3, 0.4) is 0 Å². The molecule has 0 bridgehead atoms. The Kier molecular flexibility index (Phi) is 7.01. The van der Waals surface area contributed by atoms with Crippen molar-refractivity contribution in [3.8, 4) is 11.4 Å². The lowest BCUT2D eigenvalue weighted by Crippen LogP contribution is -2.43. The number of nitrogens with one attached hydrogen (secondary N) is 1. The number of carbonyl (C=O) groups excluding carboxylic acids is 2. The number of methoxy groups -OCH3 is 1. The molecule has 7 nitrogen and oxygen atoms in total. The fourth-order valence-corrected chi connectivity index (χ4v) is 4.83. The van der Waals surface area contributed by atoms with E-state index in [0.717, 1.165) is 19.5 Å². The number of piperidine rings is 1. The second kappa shape index (κ2) is 10.1. The highest BCUT2D eigenvalue weighted by Crippen LogP contribution is 2.22. The van der Waals surface area contributed by atoms with Gasteiger partial charge in [0, 0.05) is 49.1 Å². The highest BCUT2D eigenvalue weighted by Gasteiger charge is 2.25. The molecule has 0 spiro atoms. The average Bonchev–Trinajstić information content (AvgIpc) is 2.83. The Morgan fingerprint density at radius 3 is 2.44 bits per heavy atom. The van der Waals surface area contributed by atoms with Crippen LogP contribution in [0.25, 0.3) is 16.5 Å². The zero-order valence-corrected chi connectivity index (χ0v) is 19.9. The Morgan fingerprint density at radius 1 is 1.03 bits per heavy atom. The van der Waals surface area contributed by atoms with E-state index in [0.29, 0.717) is 39.6 Å². The van der Waals surface area contributed by atoms with Crippen LogP contribution in [0.15, 0.2) is 59.5 Å². The minimum Gasteiger partial charge on any atom is -0.497 e. The third-order valence-corrected chi connectivity index (χ3v) is 6.35. The normalized spacial score (nSPS) is 18.0. The smallest absolute Gasteiger partial charge is 0.262 e. The Labute approximate surface area is 199 Å². The third-order valence-electron chi connectivity index (χ3n) is 6.35. The molecule has 0 radical (unpaired) electrons. The van der Waals surface area contributed by atoms with E-state index >= 15 is 0 Å². The van der Waals surface area contributed by atoms with Crippen molar-refractivity contribution in [3.05, 3.63) is 70.6 Å². The maximum Gasteiger partial charge on any atom is 0.262 e. The van der Waals surface area contributed by atoms with Crippen LogP contribution in [0, 0.1) is 11.8 Å². The molecular formula is C27H31N3O4. The number of pyridine rings is 1. The fraction of sp³-hybridized carbons (Fsp3) is 0.370. The zero-order chi connectivity index (χ0) is 24.2. The van der Waals surface area contributed by atoms with Crippen LogP contribution in [0.2, 0.25) is 0 Å². The van der Waals surface area contributed by atoms with E-state index in [4.69, 9.17) is 4.74 Å². The lowest BCUT2D eigenvalue weighted by molar-refractivity contribution is -0.133. The third kappa shape index (κ3) is 4.98. The van der Waals surface area contributed by atoms with Crippen molar-refractivity contribution in [2.75, 3.05) is 26.7 Å². The summed E-state index contributed by atoms with van der Waals surface area (Å²) in [6.45, 7) is 6.12. The molecule has 2 amide bonds. The second-order valence-electron chi connectivity index (χ2n) is 9.22. The molecule has 7 heteroatoms. The molecule has 3 aromatic rings. The van der Waals surface area contributed by atoms with E-state index in [1.807, 2.05) is 4.90 Å². The highest BCUT2D eigenvalue weighted by molar-refractivity contribution is 6.06. The fourth-order valence-electron chi connectivity index (χ4n) is 4.83. The second-order valence-corrected chi connectivity index (χ2v) is 9.22. The van der Waals surface area contributed by atoms with Gasteiger partial charge in [0.25, 0.3) is 11.5 Å². The summed E-state index contributed by atoms with van der Waals surface area (Å²) < 4.78 is 6.75. The van der Waals surface area contributed by atoms with Gasteiger partial charge in [-0.05, 0) is 36.5 Å². The predicted octanol–water partition coefficient (Wildman–Crippen LogP) is 3.62. The molecule has 1 aliphatic rings. The molecule has 2 aromatic carbocycles. The number of rotatable bonds is 6. The molecular weight excluding hydrogens is 430 g/mol. The molecule has 0 aliphatic carbocycles.